The molecule has 0 aromatic heterocycles. The fourth-order valence-corrected chi connectivity index (χ4v) is 3.91. The topological polar surface area (TPSA) is 174 Å². The average Bonchev–Trinajstić information content (AvgIpc) is 2.88. The molecule has 0 unspecified atom stereocenters. The molecule has 0 saturated carbocycles. The second kappa shape index (κ2) is 13.7. The number of anilines is 1. The first kappa shape index (κ1) is 31.3. The molecule has 1 aromatic carbocycles. The zero-order valence-electron chi connectivity index (χ0n) is 22.9. The highest BCUT2D eigenvalue weighted by atomic mass is 16.6. The summed E-state index contributed by atoms with van der Waals surface area (Å²) in [6.07, 6.45) is -3.11. The van der Waals surface area contributed by atoms with E-state index in [0.717, 1.165) is 0 Å². The Morgan fingerprint density at radius 3 is 2.28 bits per heavy atom. The van der Waals surface area contributed by atoms with Gasteiger partial charge < -0.3 is 30.0 Å². The Kier molecular flexibility index (Phi) is 11.0. The van der Waals surface area contributed by atoms with Crippen LogP contribution in [0, 0.1) is 17.8 Å². The highest BCUT2D eigenvalue weighted by molar-refractivity contribution is 6.03. The molecule has 12 nitrogen and oxygen atoms in total. The number of carbonyl (C=O) groups is 6. The Labute approximate surface area is 226 Å². The van der Waals surface area contributed by atoms with Crippen molar-refractivity contribution in [2.45, 2.75) is 78.7 Å². The molecule has 214 valence electrons. The number of carbonyl (C=O) groups excluding carboxylic acids is 6. The number of rotatable bonds is 8. The van der Waals surface area contributed by atoms with Gasteiger partial charge in [0.2, 0.25) is 12.5 Å². The number of phenols is 1. The number of nitrogens with one attached hydrogen (secondary N) is 2. The van der Waals surface area contributed by atoms with Gasteiger partial charge in [0.1, 0.15) is 12.0 Å². The molecule has 1 aromatic rings. The number of amides is 2. The van der Waals surface area contributed by atoms with E-state index in [-0.39, 0.29) is 23.6 Å². The lowest BCUT2D eigenvalue weighted by Gasteiger charge is -2.31. The predicted molar refractivity (Wildman–Crippen MR) is 137 cm³/mol. The minimum Gasteiger partial charge on any atom is -0.505 e. The maximum atomic E-state index is 13.3. The van der Waals surface area contributed by atoms with Crippen LogP contribution in [0.5, 0.6) is 5.75 Å². The zero-order chi connectivity index (χ0) is 29.4. The number of hydrogen-bond acceptors (Lipinski definition) is 10. The van der Waals surface area contributed by atoms with Crippen LogP contribution in [0.25, 0.3) is 0 Å². The Balaban J connectivity index is 2.48. The Bertz CT molecular complexity index is 1100. The molecule has 2 rings (SSSR count). The van der Waals surface area contributed by atoms with Crippen molar-refractivity contribution in [3.05, 3.63) is 23.8 Å². The number of cyclic esters (lactones) is 3. The molecule has 6 atom stereocenters. The highest BCUT2D eigenvalue weighted by Crippen LogP contribution is 2.27. The highest BCUT2D eigenvalue weighted by Gasteiger charge is 2.42. The molecule has 0 spiro atoms. The van der Waals surface area contributed by atoms with Crippen LogP contribution in [-0.2, 0) is 38.2 Å². The predicted octanol–water partition coefficient (Wildman–Crippen LogP) is 2.13. The smallest absolute Gasteiger partial charge is 0.348 e. The lowest BCUT2D eigenvalue weighted by Crippen LogP contribution is -2.53. The van der Waals surface area contributed by atoms with Gasteiger partial charge in [-0.1, -0.05) is 33.8 Å². The molecule has 12 heteroatoms. The minimum atomic E-state index is -1.63. The summed E-state index contributed by atoms with van der Waals surface area (Å²) >= 11 is 0. The van der Waals surface area contributed by atoms with Crippen LogP contribution in [-0.4, -0.2) is 65.5 Å². The number of benzene rings is 1. The van der Waals surface area contributed by atoms with Crippen molar-refractivity contribution >= 4 is 41.7 Å². The molecule has 1 aliphatic rings. The van der Waals surface area contributed by atoms with Gasteiger partial charge >= 0.3 is 17.9 Å². The summed E-state index contributed by atoms with van der Waals surface area (Å²) in [6, 6.07) is 2.35. The number of hydrogen-bond donors (Lipinski definition) is 3. The number of esters is 3. The maximum absolute atomic E-state index is 13.3. The van der Waals surface area contributed by atoms with E-state index in [1.54, 1.807) is 13.8 Å². The van der Waals surface area contributed by atoms with Gasteiger partial charge in [0.25, 0.3) is 5.91 Å². The molecule has 1 heterocycles. The number of ether oxygens (including phenoxy) is 3. The van der Waals surface area contributed by atoms with Gasteiger partial charge in [-0.2, -0.15) is 0 Å². The molecular formula is C27H36N2O10. The number of ketones is 1. The maximum Gasteiger partial charge on any atom is 0.348 e. The molecule has 0 aliphatic carbocycles. The van der Waals surface area contributed by atoms with Crippen LogP contribution in [0.15, 0.2) is 18.2 Å². The van der Waals surface area contributed by atoms with Gasteiger partial charge in [-0.3, -0.25) is 19.2 Å². The third kappa shape index (κ3) is 7.78. The van der Waals surface area contributed by atoms with Crippen LogP contribution in [0.3, 0.4) is 0 Å². The van der Waals surface area contributed by atoms with Crippen molar-refractivity contribution in [3.63, 3.8) is 0 Å². The van der Waals surface area contributed by atoms with E-state index in [0.29, 0.717) is 12.8 Å². The van der Waals surface area contributed by atoms with Crippen LogP contribution in [0.1, 0.15) is 64.7 Å². The van der Waals surface area contributed by atoms with E-state index < -0.39 is 71.5 Å². The second-order valence-electron chi connectivity index (χ2n) is 9.98. The SMILES string of the molecule is CC[C@H](C)[C@H]1OC(=O)[C@@H](NC(=O)c2cccc(NC=O)c2O)[C@@H](C)OC(=O)[C@@H](C)C(=O)[C@H](CC(C)C)OC1=O. The van der Waals surface area contributed by atoms with Crippen LogP contribution in [0.4, 0.5) is 5.69 Å². The summed E-state index contributed by atoms with van der Waals surface area (Å²) in [6.45, 7) is 9.71. The van der Waals surface area contributed by atoms with Crippen molar-refractivity contribution in [1.29, 1.82) is 0 Å². The van der Waals surface area contributed by atoms with Crippen molar-refractivity contribution in [3.8, 4) is 5.75 Å². The molecule has 0 bridgehead atoms. The minimum absolute atomic E-state index is 0.0531. The summed E-state index contributed by atoms with van der Waals surface area (Å²) in [4.78, 5) is 76.3. The second-order valence-corrected chi connectivity index (χ2v) is 9.98. The third-order valence-electron chi connectivity index (χ3n) is 6.48. The molecule has 1 aliphatic heterocycles. The quantitative estimate of drug-likeness (QED) is 0.143. The number of aromatic hydroxyl groups is 1. The average molecular weight is 549 g/mol. The summed E-state index contributed by atoms with van der Waals surface area (Å²) < 4.78 is 16.4. The zero-order valence-corrected chi connectivity index (χ0v) is 22.9. The van der Waals surface area contributed by atoms with Crippen molar-refractivity contribution in [2.75, 3.05) is 5.32 Å². The Morgan fingerprint density at radius 2 is 1.69 bits per heavy atom. The Morgan fingerprint density at radius 1 is 1.03 bits per heavy atom. The first-order valence-electron chi connectivity index (χ1n) is 12.8. The Hall–Kier alpha value is -3.96. The summed E-state index contributed by atoms with van der Waals surface area (Å²) in [5, 5.41) is 15.0. The van der Waals surface area contributed by atoms with E-state index in [1.165, 1.54) is 32.0 Å². The fraction of sp³-hybridized carbons (Fsp3) is 0.556. The van der Waals surface area contributed by atoms with E-state index in [1.807, 2.05) is 13.8 Å². The first-order valence-corrected chi connectivity index (χ1v) is 12.8. The van der Waals surface area contributed by atoms with Crippen molar-refractivity contribution in [2.24, 2.45) is 17.8 Å². The first-order chi connectivity index (χ1) is 18.3. The molecular weight excluding hydrogens is 512 g/mol. The number of phenolic OH excluding ortho intramolecular Hbond substituents is 1. The number of Topliss-reactive ketones (excluding diaryl/α,β-unsaturated/α-hetero) is 1. The molecule has 2 amide bonds. The standard InChI is InChI=1S/C27H36N2O10/c1-7-14(4)23-27(36)38-19(11-13(2)3)21(31)15(5)25(34)37-16(6)20(26(35)39-23)29-24(33)17-9-8-10-18(22(17)32)28-12-30/h8-10,12-16,19-20,23,32H,7,11H2,1-6H3,(H,28,30)(H,29,33)/t14-,15-,16+,19-,20-,23+/m0/s1. The molecule has 0 radical (unpaired) electrons. The molecule has 39 heavy (non-hydrogen) atoms. The van der Waals surface area contributed by atoms with E-state index in [9.17, 15) is 33.9 Å². The van der Waals surface area contributed by atoms with Gasteiger partial charge in [-0.25, -0.2) is 9.59 Å². The summed E-state index contributed by atoms with van der Waals surface area (Å²) in [5.74, 6) is -7.09. The van der Waals surface area contributed by atoms with Gasteiger partial charge in [0.15, 0.2) is 23.7 Å². The van der Waals surface area contributed by atoms with Crippen LogP contribution < -0.4 is 10.6 Å². The monoisotopic (exact) mass is 548 g/mol. The largest absolute Gasteiger partial charge is 0.505 e. The van der Waals surface area contributed by atoms with Gasteiger partial charge in [0.05, 0.1) is 11.3 Å². The lowest BCUT2D eigenvalue weighted by molar-refractivity contribution is -0.183. The number of para-hydroxylation sites is 1. The third-order valence-corrected chi connectivity index (χ3v) is 6.48. The summed E-state index contributed by atoms with van der Waals surface area (Å²) in [5.41, 5.74) is -0.349. The van der Waals surface area contributed by atoms with Gasteiger partial charge in [0, 0.05) is 5.92 Å². The van der Waals surface area contributed by atoms with Gasteiger partial charge in [-0.15, -0.1) is 0 Å². The normalized spacial score (nSPS) is 25.4. The van der Waals surface area contributed by atoms with Crippen molar-refractivity contribution < 1.29 is 48.1 Å². The van der Waals surface area contributed by atoms with Crippen molar-refractivity contribution in [1.82, 2.24) is 5.32 Å². The van der Waals surface area contributed by atoms with E-state index >= 15 is 0 Å². The molecule has 3 N–H and O–H groups in total. The van der Waals surface area contributed by atoms with Gasteiger partial charge in [-0.05, 0) is 44.7 Å². The fourth-order valence-electron chi connectivity index (χ4n) is 3.91. The van der Waals surface area contributed by atoms with E-state index in [2.05, 4.69) is 10.6 Å². The van der Waals surface area contributed by atoms with Crippen LogP contribution >= 0.6 is 0 Å². The summed E-state index contributed by atoms with van der Waals surface area (Å²) in [7, 11) is 0. The molecule has 1 saturated heterocycles. The van der Waals surface area contributed by atoms with Crippen LogP contribution in [0.2, 0.25) is 0 Å². The van der Waals surface area contributed by atoms with E-state index in [4.69, 9.17) is 14.2 Å². The molecule has 1 fully saturated rings. The lowest BCUT2D eigenvalue weighted by atomic mass is 9.94.